The van der Waals surface area contributed by atoms with Crippen LogP contribution in [-0.2, 0) is 13.0 Å². The Morgan fingerprint density at radius 1 is 0.732 bits per heavy atom. The first-order chi connectivity index (χ1) is 20.0. The summed E-state index contributed by atoms with van der Waals surface area (Å²) in [6, 6.07) is 33.6. The summed E-state index contributed by atoms with van der Waals surface area (Å²) < 4.78 is 0. The van der Waals surface area contributed by atoms with Gasteiger partial charge < -0.3 is 9.80 Å². The lowest BCUT2D eigenvalue weighted by molar-refractivity contribution is 0.0727. The van der Waals surface area contributed by atoms with Gasteiger partial charge in [-0.1, -0.05) is 96.0 Å². The van der Waals surface area contributed by atoms with Crippen molar-refractivity contribution in [2.24, 2.45) is 0 Å². The van der Waals surface area contributed by atoms with Crippen molar-refractivity contribution >= 4 is 34.8 Å². The third kappa shape index (κ3) is 6.46. The van der Waals surface area contributed by atoms with Crippen LogP contribution in [0.5, 0.6) is 0 Å². The fourth-order valence-corrected chi connectivity index (χ4v) is 6.62. The molecule has 0 aromatic heterocycles. The summed E-state index contributed by atoms with van der Waals surface area (Å²) in [4.78, 5) is 20.4. The van der Waals surface area contributed by atoms with Crippen molar-refractivity contribution in [1.82, 2.24) is 9.80 Å². The minimum Gasteiger partial charge on any atom is -0.369 e. The molecule has 1 saturated heterocycles. The van der Waals surface area contributed by atoms with Gasteiger partial charge in [0.2, 0.25) is 0 Å². The molecular weight excluding hydrogens is 549 g/mol. The molecule has 6 heteroatoms. The van der Waals surface area contributed by atoms with Crippen LogP contribution in [0.25, 0.3) is 0 Å². The molecule has 4 aromatic carbocycles. The summed E-state index contributed by atoms with van der Waals surface area (Å²) in [5.41, 5.74) is 6.75. The third-order valence-electron chi connectivity index (χ3n) is 8.51. The van der Waals surface area contributed by atoms with E-state index in [1.165, 1.54) is 11.1 Å². The van der Waals surface area contributed by atoms with Gasteiger partial charge in [-0.05, 0) is 65.9 Å². The zero-order valence-corrected chi connectivity index (χ0v) is 24.7. The Bertz CT molecular complexity index is 1450. The van der Waals surface area contributed by atoms with E-state index in [0.29, 0.717) is 29.1 Å². The van der Waals surface area contributed by atoms with Crippen LogP contribution in [0.1, 0.15) is 45.0 Å². The Kier molecular flexibility index (Phi) is 8.62. The summed E-state index contributed by atoms with van der Waals surface area (Å²) in [6.07, 6.45) is 1.94. The lowest BCUT2D eigenvalue weighted by Gasteiger charge is -2.37. The molecule has 0 saturated carbocycles. The highest BCUT2D eigenvalue weighted by Gasteiger charge is 2.27. The van der Waals surface area contributed by atoms with Crippen LogP contribution in [0.2, 0.25) is 10.0 Å². The number of hydrogen-bond donors (Lipinski definition) is 0. The standard InChI is InChI=1S/C35H35Cl2N3O/c36-30-13-11-29(34(37)23-30)25-40-18-15-28-12-14-31(24-33(28)35(40)41)39-21-19-38(20-22-39)17-16-32(26-7-3-1-4-8-26)27-9-5-2-6-10-27/h1-14,23-24,32H,15-22,25H2. The molecule has 210 valence electrons. The van der Waals surface area contributed by atoms with Crippen molar-refractivity contribution in [3.8, 4) is 0 Å². The zero-order chi connectivity index (χ0) is 28.2. The quantitative estimate of drug-likeness (QED) is 0.214. The van der Waals surface area contributed by atoms with E-state index in [2.05, 4.69) is 88.7 Å². The number of amides is 1. The predicted molar refractivity (Wildman–Crippen MR) is 169 cm³/mol. The number of rotatable bonds is 8. The molecule has 2 aliphatic heterocycles. The number of piperazine rings is 1. The van der Waals surface area contributed by atoms with Crippen LogP contribution in [0, 0.1) is 0 Å². The number of benzene rings is 4. The SMILES string of the molecule is O=C1c2cc(N3CCN(CCC(c4ccccc4)c4ccccc4)CC3)ccc2CCN1Cc1ccc(Cl)cc1Cl. The van der Waals surface area contributed by atoms with E-state index in [1.807, 2.05) is 17.0 Å². The molecule has 4 nitrogen and oxygen atoms in total. The molecular formula is C35H35Cl2N3O. The van der Waals surface area contributed by atoms with Gasteiger partial charge in [-0.3, -0.25) is 9.69 Å². The number of anilines is 1. The van der Waals surface area contributed by atoms with Gasteiger partial charge in [0.05, 0.1) is 0 Å². The van der Waals surface area contributed by atoms with Crippen molar-refractivity contribution in [3.63, 3.8) is 0 Å². The molecule has 0 bridgehead atoms. The minimum absolute atomic E-state index is 0.0746. The van der Waals surface area contributed by atoms with Gasteiger partial charge in [-0.15, -0.1) is 0 Å². The third-order valence-corrected chi connectivity index (χ3v) is 9.10. The van der Waals surface area contributed by atoms with E-state index in [-0.39, 0.29) is 5.91 Å². The molecule has 0 spiro atoms. The summed E-state index contributed by atoms with van der Waals surface area (Å²) >= 11 is 12.5. The average molecular weight is 585 g/mol. The second-order valence-corrected chi connectivity index (χ2v) is 11.9. The van der Waals surface area contributed by atoms with Gasteiger partial charge >= 0.3 is 0 Å². The van der Waals surface area contributed by atoms with E-state index in [1.54, 1.807) is 6.07 Å². The maximum absolute atomic E-state index is 13.5. The molecule has 1 fully saturated rings. The molecule has 0 aliphatic carbocycles. The number of fused-ring (bicyclic) bond motifs is 1. The van der Waals surface area contributed by atoms with Gasteiger partial charge in [-0.25, -0.2) is 0 Å². The van der Waals surface area contributed by atoms with Crippen LogP contribution in [0.3, 0.4) is 0 Å². The molecule has 1 amide bonds. The van der Waals surface area contributed by atoms with E-state index >= 15 is 0 Å². The Balaban J connectivity index is 1.08. The van der Waals surface area contributed by atoms with Crippen LogP contribution in [0.4, 0.5) is 5.69 Å². The maximum Gasteiger partial charge on any atom is 0.254 e. The second-order valence-electron chi connectivity index (χ2n) is 11.0. The summed E-state index contributed by atoms with van der Waals surface area (Å²) in [6.45, 7) is 6.19. The fourth-order valence-electron chi connectivity index (χ4n) is 6.15. The number of carbonyl (C=O) groups is 1. The van der Waals surface area contributed by atoms with Crippen LogP contribution >= 0.6 is 23.2 Å². The first-order valence-corrected chi connectivity index (χ1v) is 15.2. The number of carbonyl (C=O) groups excluding carboxylic acids is 1. The average Bonchev–Trinajstić information content (AvgIpc) is 3.01. The highest BCUT2D eigenvalue weighted by molar-refractivity contribution is 6.35. The van der Waals surface area contributed by atoms with E-state index in [9.17, 15) is 4.79 Å². The first kappa shape index (κ1) is 27.8. The number of halogens is 2. The highest BCUT2D eigenvalue weighted by Crippen LogP contribution is 2.30. The van der Waals surface area contributed by atoms with E-state index in [0.717, 1.165) is 67.9 Å². The summed E-state index contributed by atoms with van der Waals surface area (Å²) in [7, 11) is 0. The molecule has 0 atom stereocenters. The first-order valence-electron chi connectivity index (χ1n) is 14.5. The Morgan fingerprint density at radius 3 is 2.07 bits per heavy atom. The lowest BCUT2D eigenvalue weighted by atomic mass is 9.88. The Morgan fingerprint density at radius 2 is 1.41 bits per heavy atom. The molecule has 2 heterocycles. The molecule has 6 rings (SSSR count). The van der Waals surface area contributed by atoms with Crippen LogP contribution < -0.4 is 4.90 Å². The van der Waals surface area contributed by atoms with Gasteiger partial charge in [0.25, 0.3) is 5.91 Å². The van der Waals surface area contributed by atoms with Gasteiger partial charge in [0, 0.05) is 66.5 Å². The molecule has 0 N–H and O–H groups in total. The van der Waals surface area contributed by atoms with Crippen LogP contribution in [-0.4, -0.2) is 55.0 Å². The Hall–Kier alpha value is -3.31. The van der Waals surface area contributed by atoms with Gasteiger partial charge in [0.1, 0.15) is 0 Å². The molecule has 0 radical (unpaired) electrons. The topological polar surface area (TPSA) is 26.8 Å². The molecule has 4 aromatic rings. The maximum atomic E-state index is 13.5. The van der Waals surface area contributed by atoms with E-state index in [4.69, 9.17) is 23.2 Å². The van der Waals surface area contributed by atoms with Crippen molar-refractivity contribution in [1.29, 1.82) is 0 Å². The summed E-state index contributed by atoms with van der Waals surface area (Å²) in [5, 5.41) is 1.20. The molecule has 0 unspecified atom stereocenters. The zero-order valence-electron chi connectivity index (χ0n) is 23.2. The Labute approximate surface area is 253 Å². The molecule has 41 heavy (non-hydrogen) atoms. The van der Waals surface area contributed by atoms with Gasteiger partial charge in [0.15, 0.2) is 0 Å². The largest absolute Gasteiger partial charge is 0.369 e. The van der Waals surface area contributed by atoms with E-state index < -0.39 is 0 Å². The number of nitrogens with zero attached hydrogens (tertiary/aromatic N) is 3. The van der Waals surface area contributed by atoms with Crippen molar-refractivity contribution in [2.45, 2.75) is 25.3 Å². The van der Waals surface area contributed by atoms with Gasteiger partial charge in [-0.2, -0.15) is 0 Å². The lowest BCUT2D eigenvalue weighted by Crippen LogP contribution is -2.47. The number of hydrogen-bond acceptors (Lipinski definition) is 3. The summed E-state index contributed by atoms with van der Waals surface area (Å²) in [5.74, 6) is 0.471. The van der Waals surface area contributed by atoms with Crippen molar-refractivity contribution < 1.29 is 4.79 Å². The fraction of sp³-hybridized carbons (Fsp3) is 0.286. The smallest absolute Gasteiger partial charge is 0.254 e. The normalized spacial score (nSPS) is 15.8. The highest BCUT2D eigenvalue weighted by atomic mass is 35.5. The minimum atomic E-state index is 0.0746. The van der Waals surface area contributed by atoms with Crippen LogP contribution in [0.15, 0.2) is 97.1 Å². The molecule has 2 aliphatic rings. The second kappa shape index (κ2) is 12.7. The van der Waals surface area contributed by atoms with Crippen molar-refractivity contribution in [3.05, 3.63) is 135 Å². The van der Waals surface area contributed by atoms with Crippen molar-refractivity contribution in [2.75, 3.05) is 44.2 Å². The predicted octanol–water partition coefficient (Wildman–Crippen LogP) is 7.54. The monoisotopic (exact) mass is 583 g/mol.